The second-order valence-electron chi connectivity index (χ2n) is 9.71. The van der Waals surface area contributed by atoms with Crippen molar-refractivity contribution in [1.82, 2.24) is 24.9 Å². The first kappa shape index (κ1) is 35.3. The zero-order valence-electron chi connectivity index (χ0n) is 23.7. The number of aromatic carboxylic acids is 1. The average molecular weight is 661 g/mol. The van der Waals surface area contributed by atoms with Gasteiger partial charge in [0.2, 0.25) is 0 Å². The molecular formula is C30H31ClF2N6O7. The Morgan fingerprint density at radius 3 is 2.65 bits per heavy atom. The van der Waals surface area contributed by atoms with Gasteiger partial charge in [-0.15, -0.1) is 21.2 Å². The van der Waals surface area contributed by atoms with Crippen LogP contribution in [0, 0.1) is 6.92 Å². The topological polar surface area (TPSA) is 180 Å². The van der Waals surface area contributed by atoms with E-state index in [1.54, 1.807) is 12.1 Å². The lowest BCUT2D eigenvalue weighted by Gasteiger charge is -2.16. The van der Waals surface area contributed by atoms with Crippen molar-refractivity contribution in [3.63, 3.8) is 0 Å². The second-order valence-corrected chi connectivity index (χ2v) is 9.71. The molecule has 2 aromatic carbocycles. The lowest BCUT2D eigenvalue weighted by Crippen LogP contribution is -2.29. The number of carbonyl (C=O) groups excluding carboxylic acids is 2. The summed E-state index contributed by atoms with van der Waals surface area (Å²) in [5.41, 5.74) is 8.98. The first-order valence-electron chi connectivity index (χ1n) is 13.3. The van der Waals surface area contributed by atoms with Gasteiger partial charge in [-0.2, -0.15) is 14.6 Å². The molecule has 4 aromatic rings. The average Bonchev–Trinajstić information content (AvgIpc) is 3.71. The van der Waals surface area contributed by atoms with Gasteiger partial charge in [0.25, 0.3) is 11.7 Å². The third-order valence-electron chi connectivity index (χ3n) is 6.96. The number of aromatic nitrogens is 4. The number of fused-ring (bicyclic) bond motifs is 3. The van der Waals surface area contributed by atoms with Gasteiger partial charge in [-0.1, -0.05) is 32.2 Å². The summed E-state index contributed by atoms with van der Waals surface area (Å²) in [4.78, 5) is 44.3. The van der Waals surface area contributed by atoms with Crippen molar-refractivity contribution < 1.29 is 42.5 Å². The second kappa shape index (κ2) is 14.3. The molecule has 0 fully saturated rings. The maximum atomic E-state index is 13.0. The summed E-state index contributed by atoms with van der Waals surface area (Å²) in [7, 11) is 0. The number of halogens is 3. The van der Waals surface area contributed by atoms with Crippen LogP contribution < -0.4 is 20.5 Å². The molecule has 0 saturated heterocycles. The predicted molar refractivity (Wildman–Crippen MR) is 162 cm³/mol. The smallest absolute Gasteiger partial charge is 0.477 e. The normalized spacial score (nSPS) is 14.9. The van der Waals surface area contributed by atoms with E-state index in [0.717, 1.165) is 22.3 Å². The quantitative estimate of drug-likeness (QED) is 0.189. The fourth-order valence-electron chi connectivity index (χ4n) is 4.90. The number of carbonyl (C=O) groups is 3. The Kier molecular flexibility index (Phi) is 11.0. The van der Waals surface area contributed by atoms with Gasteiger partial charge in [0.15, 0.2) is 17.2 Å². The van der Waals surface area contributed by atoms with Crippen LogP contribution in [0.5, 0.6) is 11.5 Å². The summed E-state index contributed by atoms with van der Waals surface area (Å²) in [6.07, 6.45) is 0.489. The van der Waals surface area contributed by atoms with Gasteiger partial charge in [0.1, 0.15) is 18.6 Å². The Hall–Kier alpha value is -5.15. The number of nitrogens with one attached hydrogen (secondary N) is 1. The molecule has 0 unspecified atom stereocenters. The van der Waals surface area contributed by atoms with E-state index in [1.807, 2.05) is 13.0 Å². The molecule has 1 aliphatic heterocycles. The number of alkyl halides is 2. The van der Waals surface area contributed by atoms with E-state index < -0.39 is 24.1 Å². The molecule has 3 heterocycles. The van der Waals surface area contributed by atoms with Gasteiger partial charge in [-0.25, -0.2) is 14.6 Å². The highest BCUT2D eigenvalue weighted by Gasteiger charge is 2.43. The molecule has 2 aliphatic rings. The van der Waals surface area contributed by atoms with E-state index in [9.17, 15) is 28.3 Å². The minimum absolute atomic E-state index is 0. The van der Waals surface area contributed by atoms with Crippen LogP contribution in [-0.2, 0) is 17.7 Å². The Morgan fingerprint density at radius 1 is 1.22 bits per heavy atom. The summed E-state index contributed by atoms with van der Waals surface area (Å²) in [6, 6.07) is 8.84. The zero-order valence-corrected chi connectivity index (χ0v) is 24.5. The Morgan fingerprint density at radius 2 is 1.96 bits per heavy atom. The molecule has 0 bridgehead atoms. The molecule has 244 valence electrons. The zero-order chi connectivity index (χ0) is 31.6. The molecule has 4 N–H and O–H groups in total. The lowest BCUT2D eigenvalue weighted by molar-refractivity contribution is -0.286. The number of amides is 1. The number of ether oxygens (including phenoxy) is 3. The number of esters is 1. The van der Waals surface area contributed by atoms with Crippen molar-refractivity contribution in [2.75, 3.05) is 6.61 Å². The molecule has 6 rings (SSSR count). The number of benzene rings is 2. The van der Waals surface area contributed by atoms with Crippen molar-refractivity contribution in [2.45, 2.75) is 46.1 Å². The number of nitrogens with zero attached hydrogens (tertiary/aromatic N) is 4. The number of rotatable bonds is 7. The minimum atomic E-state index is -3.55. The van der Waals surface area contributed by atoms with Crippen LogP contribution in [0.3, 0.4) is 0 Å². The van der Waals surface area contributed by atoms with Gasteiger partial charge in [-0.05, 0) is 60.2 Å². The van der Waals surface area contributed by atoms with E-state index in [-0.39, 0.29) is 67.7 Å². The predicted octanol–water partition coefficient (Wildman–Crippen LogP) is 4.42. The van der Waals surface area contributed by atoms with Crippen LogP contribution in [0.4, 0.5) is 8.78 Å². The first-order valence-corrected chi connectivity index (χ1v) is 13.3. The van der Waals surface area contributed by atoms with Crippen molar-refractivity contribution >= 4 is 36.0 Å². The minimum Gasteiger partial charge on any atom is -0.477 e. The van der Waals surface area contributed by atoms with Crippen molar-refractivity contribution in [3.05, 3.63) is 94.6 Å². The summed E-state index contributed by atoms with van der Waals surface area (Å²) in [5, 5.41) is 16.2. The Bertz CT molecular complexity index is 1800. The number of nitrogens with two attached hydrogens (primary N) is 1. The summed E-state index contributed by atoms with van der Waals surface area (Å²) in [5.74, 6) is -2.08. The van der Waals surface area contributed by atoms with Crippen LogP contribution in [0.2, 0.25) is 0 Å². The van der Waals surface area contributed by atoms with Crippen LogP contribution in [0.15, 0.2) is 55.4 Å². The van der Waals surface area contributed by atoms with E-state index >= 15 is 0 Å². The highest BCUT2D eigenvalue weighted by Crippen LogP contribution is 2.41. The Labute approximate surface area is 267 Å². The molecule has 16 heteroatoms. The number of hydrogen-bond donors (Lipinski definition) is 3. The molecular weight excluding hydrogens is 630 g/mol. The fourth-order valence-corrected chi connectivity index (χ4v) is 4.90. The molecule has 1 aliphatic carbocycles. The molecule has 0 saturated carbocycles. The van der Waals surface area contributed by atoms with Crippen molar-refractivity contribution in [1.29, 1.82) is 0 Å². The standard InChI is InChI=1S/C21H19N5O5.C8H7F2NO2.CH4.ClH/c1-3-8-31-20(30)13-4-5-14-12(11(13)2)6-7-15(14)24-18(27)17-9-16(19(28)29)25-21-22-10-23-26(17)21;9-8(10)12-6-2-1-5(4-11)3-7(6)13-8;;/h3-5,9-10,15H,1,6-8H2,2H3,(H,24,27)(H,28,29);1-3H,4,11H2;1H4;1H/t15-;;;/m0.../s1. The van der Waals surface area contributed by atoms with Crippen LogP contribution in [0.25, 0.3) is 5.78 Å². The monoisotopic (exact) mass is 660 g/mol. The lowest BCUT2D eigenvalue weighted by atomic mass is 9.98. The third kappa shape index (κ3) is 7.21. The number of carboxylic acid groups (broad SMARTS) is 1. The van der Waals surface area contributed by atoms with Crippen molar-refractivity contribution in [3.8, 4) is 11.5 Å². The largest absolute Gasteiger partial charge is 0.586 e. The molecule has 0 radical (unpaired) electrons. The molecule has 1 atom stereocenters. The van der Waals surface area contributed by atoms with Gasteiger partial charge in [-0.3, -0.25) is 4.79 Å². The summed E-state index contributed by atoms with van der Waals surface area (Å²) in [6.45, 7) is 5.81. The van der Waals surface area contributed by atoms with Gasteiger partial charge in [0, 0.05) is 12.6 Å². The van der Waals surface area contributed by atoms with Crippen LogP contribution >= 0.6 is 12.4 Å². The third-order valence-corrected chi connectivity index (χ3v) is 6.96. The maximum absolute atomic E-state index is 13.0. The van der Waals surface area contributed by atoms with E-state index in [2.05, 4.69) is 36.4 Å². The first-order chi connectivity index (χ1) is 21.0. The molecule has 1 amide bonds. The Balaban J connectivity index is 0.000000323. The highest BCUT2D eigenvalue weighted by atomic mass is 35.5. The number of hydrogen-bond acceptors (Lipinski definition) is 10. The molecule has 46 heavy (non-hydrogen) atoms. The van der Waals surface area contributed by atoms with Gasteiger partial charge >= 0.3 is 18.2 Å². The molecule has 2 aromatic heterocycles. The van der Waals surface area contributed by atoms with Crippen molar-refractivity contribution in [2.24, 2.45) is 5.73 Å². The van der Waals surface area contributed by atoms with E-state index in [0.29, 0.717) is 18.4 Å². The molecule has 13 nitrogen and oxygen atoms in total. The van der Waals surface area contributed by atoms with E-state index in [1.165, 1.54) is 35.1 Å². The summed E-state index contributed by atoms with van der Waals surface area (Å²) < 4.78 is 39.7. The van der Waals surface area contributed by atoms with Gasteiger partial charge in [0.05, 0.1) is 11.6 Å². The SMILES string of the molecule is C.C=CCOC(=O)c1ccc2c(c1C)CC[C@@H]2NC(=O)c1cc(C(=O)O)nc2ncnn12.Cl.NCc1ccc2c(c1)OC(F)(F)O2. The number of carboxylic acids is 1. The van der Waals surface area contributed by atoms with Gasteiger partial charge < -0.3 is 30.4 Å². The fraction of sp³-hybridized carbons (Fsp3) is 0.267. The van der Waals surface area contributed by atoms with Crippen LogP contribution in [0.1, 0.15) is 73.5 Å². The van der Waals surface area contributed by atoms with E-state index in [4.69, 9.17) is 10.5 Å². The molecule has 0 spiro atoms. The highest BCUT2D eigenvalue weighted by molar-refractivity contribution is 5.96. The maximum Gasteiger partial charge on any atom is 0.586 e. The summed E-state index contributed by atoms with van der Waals surface area (Å²) >= 11 is 0. The van der Waals surface area contributed by atoms with Crippen LogP contribution in [-0.4, -0.2) is 55.4 Å².